The van der Waals surface area contributed by atoms with Gasteiger partial charge in [-0.05, 0) is 43.4 Å². The van der Waals surface area contributed by atoms with Gasteiger partial charge < -0.3 is 15.2 Å². The largest absolute Gasteiger partial charge is 0.389 e. The van der Waals surface area contributed by atoms with E-state index in [4.69, 9.17) is 4.74 Å². The van der Waals surface area contributed by atoms with E-state index in [0.29, 0.717) is 18.6 Å². The van der Waals surface area contributed by atoms with Gasteiger partial charge >= 0.3 is 0 Å². The monoisotopic (exact) mass is 241 g/mol. The number of rotatable bonds is 9. The summed E-state index contributed by atoms with van der Waals surface area (Å²) in [7, 11) is 0. The van der Waals surface area contributed by atoms with E-state index in [1.54, 1.807) is 0 Å². The van der Waals surface area contributed by atoms with E-state index in [0.717, 1.165) is 19.1 Å². The van der Waals surface area contributed by atoms with E-state index >= 15 is 0 Å². The Balaban J connectivity index is 1.48. The van der Waals surface area contributed by atoms with Crippen LogP contribution in [0.3, 0.4) is 0 Å². The highest BCUT2D eigenvalue weighted by Gasteiger charge is 2.34. The smallest absolute Gasteiger partial charge is 0.0897 e. The van der Waals surface area contributed by atoms with Crippen molar-refractivity contribution in [1.82, 2.24) is 5.32 Å². The Labute approximate surface area is 105 Å². The summed E-state index contributed by atoms with van der Waals surface area (Å²) in [6.07, 6.45) is 7.62. The van der Waals surface area contributed by atoms with Gasteiger partial charge in [-0.1, -0.05) is 13.3 Å². The highest BCUT2D eigenvalue weighted by molar-refractivity contribution is 4.88. The van der Waals surface area contributed by atoms with E-state index in [-0.39, 0.29) is 6.10 Å². The Morgan fingerprint density at radius 3 is 2.71 bits per heavy atom. The van der Waals surface area contributed by atoms with Gasteiger partial charge in [-0.15, -0.1) is 0 Å². The first kappa shape index (κ1) is 13.3. The number of aliphatic hydroxyl groups is 1. The molecule has 0 aromatic carbocycles. The molecule has 2 fully saturated rings. The first-order valence-electron chi connectivity index (χ1n) is 7.21. The van der Waals surface area contributed by atoms with Crippen LogP contribution in [0.25, 0.3) is 0 Å². The molecule has 2 rings (SSSR count). The molecular formula is C14H27NO2. The molecule has 1 unspecified atom stereocenters. The summed E-state index contributed by atoms with van der Waals surface area (Å²) in [6, 6.07) is 0. The van der Waals surface area contributed by atoms with Crippen LogP contribution in [0, 0.1) is 11.3 Å². The van der Waals surface area contributed by atoms with Crippen LogP contribution in [0.4, 0.5) is 0 Å². The molecule has 2 aliphatic rings. The van der Waals surface area contributed by atoms with Gasteiger partial charge in [-0.2, -0.15) is 0 Å². The van der Waals surface area contributed by atoms with Gasteiger partial charge in [0.05, 0.1) is 12.7 Å². The zero-order valence-corrected chi connectivity index (χ0v) is 11.1. The normalized spacial score (nSPS) is 24.4. The van der Waals surface area contributed by atoms with Gasteiger partial charge in [-0.25, -0.2) is 0 Å². The molecule has 0 aromatic heterocycles. The zero-order chi connectivity index (χ0) is 12.1. The molecule has 0 saturated heterocycles. The summed E-state index contributed by atoms with van der Waals surface area (Å²) in [5.41, 5.74) is 0.536. The molecule has 3 nitrogen and oxygen atoms in total. The summed E-state index contributed by atoms with van der Waals surface area (Å²) in [4.78, 5) is 0. The minimum absolute atomic E-state index is 0.345. The molecule has 0 amide bonds. The number of hydrogen-bond acceptors (Lipinski definition) is 3. The van der Waals surface area contributed by atoms with E-state index in [2.05, 4.69) is 12.2 Å². The topological polar surface area (TPSA) is 41.5 Å². The molecule has 0 heterocycles. The van der Waals surface area contributed by atoms with Crippen molar-refractivity contribution < 1.29 is 9.84 Å². The maximum atomic E-state index is 9.76. The van der Waals surface area contributed by atoms with Crippen molar-refractivity contribution in [2.24, 2.45) is 11.3 Å². The lowest BCUT2D eigenvalue weighted by Gasteiger charge is -2.41. The van der Waals surface area contributed by atoms with Gasteiger partial charge in [0.15, 0.2) is 0 Å². The van der Waals surface area contributed by atoms with Crippen molar-refractivity contribution in [3.05, 3.63) is 0 Å². The number of hydrogen-bond donors (Lipinski definition) is 2. The molecule has 2 N–H and O–H groups in total. The Kier molecular flexibility index (Phi) is 4.83. The summed E-state index contributed by atoms with van der Waals surface area (Å²) >= 11 is 0. The van der Waals surface area contributed by atoms with Crippen molar-refractivity contribution in [2.75, 3.05) is 26.3 Å². The average molecular weight is 241 g/mol. The third-order valence-corrected chi connectivity index (χ3v) is 4.40. The van der Waals surface area contributed by atoms with Crippen LogP contribution in [0.15, 0.2) is 0 Å². The second-order valence-electron chi connectivity index (χ2n) is 5.97. The minimum Gasteiger partial charge on any atom is -0.389 e. The predicted molar refractivity (Wildman–Crippen MR) is 69.0 cm³/mol. The molecule has 0 spiro atoms. The molecule has 100 valence electrons. The molecule has 2 saturated carbocycles. The second-order valence-corrected chi connectivity index (χ2v) is 5.97. The first-order chi connectivity index (χ1) is 8.24. The maximum Gasteiger partial charge on any atom is 0.0897 e. The van der Waals surface area contributed by atoms with Crippen molar-refractivity contribution >= 4 is 0 Å². The molecule has 2 aliphatic carbocycles. The molecule has 0 aliphatic heterocycles. The molecule has 3 heteroatoms. The Morgan fingerprint density at radius 2 is 2.18 bits per heavy atom. The van der Waals surface area contributed by atoms with Gasteiger partial charge in [0.25, 0.3) is 0 Å². The number of aliphatic hydroxyl groups excluding tert-OH is 1. The lowest BCUT2D eigenvalue weighted by Crippen LogP contribution is -2.42. The number of nitrogens with one attached hydrogen (secondary N) is 1. The average Bonchev–Trinajstić information content (AvgIpc) is 3.06. The maximum absolute atomic E-state index is 9.76. The van der Waals surface area contributed by atoms with Crippen molar-refractivity contribution in [1.29, 1.82) is 0 Å². The number of ether oxygens (including phenoxy) is 1. The zero-order valence-electron chi connectivity index (χ0n) is 11.1. The lowest BCUT2D eigenvalue weighted by molar-refractivity contribution is 0.0286. The fraction of sp³-hybridized carbons (Fsp3) is 1.00. The fourth-order valence-electron chi connectivity index (χ4n) is 2.55. The summed E-state index contributed by atoms with van der Waals surface area (Å²) in [6.45, 7) is 5.34. The predicted octanol–water partition coefficient (Wildman–Crippen LogP) is 1.94. The van der Waals surface area contributed by atoms with E-state index in [1.807, 2.05) is 0 Å². The second kappa shape index (κ2) is 6.17. The summed E-state index contributed by atoms with van der Waals surface area (Å²) < 4.78 is 5.48. The van der Waals surface area contributed by atoms with Crippen LogP contribution >= 0.6 is 0 Å². The van der Waals surface area contributed by atoms with Crippen molar-refractivity contribution in [3.63, 3.8) is 0 Å². The molecule has 17 heavy (non-hydrogen) atoms. The van der Waals surface area contributed by atoms with Crippen molar-refractivity contribution in [3.8, 4) is 0 Å². The van der Waals surface area contributed by atoms with Gasteiger partial charge in [0.1, 0.15) is 0 Å². The van der Waals surface area contributed by atoms with Crippen LogP contribution in [0.1, 0.15) is 45.4 Å². The van der Waals surface area contributed by atoms with Crippen LogP contribution in [-0.2, 0) is 4.74 Å². The lowest BCUT2D eigenvalue weighted by atomic mass is 9.67. The molecule has 0 radical (unpaired) electrons. The molecule has 0 bridgehead atoms. The van der Waals surface area contributed by atoms with Crippen LogP contribution in [0.5, 0.6) is 0 Å². The third-order valence-electron chi connectivity index (χ3n) is 4.40. The van der Waals surface area contributed by atoms with Crippen LogP contribution in [0.2, 0.25) is 0 Å². The Morgan fingerprint density at radius 1 is 1.41 bits per heavy atom. The molecular weight excluding hydrogens is 214 g/mol. The fourth-order valence-corrected chi connectivity index (χ4v) is 2.55. The SMILES string of the molecule is CCC1(CNCC(O)COCC2CC2)CCC1. The Hall–Kier alpha value is -0.120. The molecule has 1 atom stereocenters. The van der Waals surface area contributed by atoms with E-state index < -0.39 is 0 Å². The van der Waals surface area contributed by atoms with Crippen molar-refractivity contribution in [2.45, 2.75) is 51.6 Å². The molecule has 0 aromatic rings. The quantitative estimate of drug-likeness (QED) is 0.648. The van der Waals surface area contributed by atoms with Crippen LogP contribution in [-0.4, -0.2) is 37.5 Å². The Bertz CT molecular complexity index is 219. The third kappa shape index (κ3) is 4.23. The first-order valence-corrected chi connectivity index (χ1v) is 7.21. The van der Waals surface area contributed by atoms with Gasteiger partial charge in [0.2, 0.25) is 0 Å². The minimum atomic E-state index is -0.345. The van der Waals surface area contributed by atoms with Gasteiger partial charge in [0, 0.05) is 19.7 Å². The van der Waals surface area contributed by atoms with Gasteiger partial charge in [-0.3, -0.25) is 0 Å². The van der Waals surface area contributed by atoms with E-state index in [1.165, 1.54) is 38.5 Å². The summed E-state index contributed by atoms with van der Waals surface area (Å²) in [5.74, 6) is 0.786. The van der Waals surface area contributed by atoms with E-state index in [9.17, 15) is 5.11 Å². The highest BCUT2D eigenvalue weighted by Crippen LogP contribution is 2.42. The standard InChI is InChI=1S/C14H27NO2/c1-2-14(6-3-7-14)11-15-8-13(16)10-17-9-12-4-5-12/h12-13,15-16H,2-11H2,1H3. The van der Waals surface area contributed by atoms with Crippen LogP contribution < -0.4 is 5.32 Å². The highest BCUT2D eigenvalue weighted by atomic mass is 16.5. The summed E-state index contributed by atoms with van der Waals surface area (Å²) in [5, 5.41) is 13.2.